The van der Waals surface area contributed by atoms with Gasteiger partial charge < -0.3 is 10.1 Å². The van der Waals surface area contributed by atoms with Crippen molar-refractivity contribution in [2.75, 3.05) is 0 Å². The van der Waals surface area contributed by atoms with Crippen molar-refractivity contribution in [3.05, 3.63) is 23.7 Å². The van der Waals surface area contributed by atoms with Gasteiger partial charge in [0, 0.05) is 6.20 Å². The van der Waals surface area contributed by atoms with Crippen LogP contribution in [0.25, 0.3) is 11.2 Å². The van der Waals surface area contributed by atoms with Crippen LogP contribution >= 0.6 is 0 Å². The summed E-state index contributed by atoms with van der Waals surface area (Å²) in [6.45, 7) is 1.89. The highest BCUT2D eigenvalue weighted by molar-refractivity contribution is 5.70. The summed E-state index contributed by atoms with van der Waals surface area (Å²) in [6, 6.07) is 1.95. The summed E-state index contributed by atoms with van der Waals surface area (Å²) in [4.78, 5) is 11.1. The maximum Gasteiger partial charge on any atom is 0.177 e. The van der Waals surface area contributed by atoms with Crippen LogP contribution in [0.2, 0.25) is 0 Å². The van der Waals surface area contributed by atoms with E-state index >= 15 is 0 Å². The predicted octanol–water partition coefficient (Wildman–Crippen LogP) is 0.759. The number of nitrogens with one attached hydrogen (secondary N) is 1. The van der Waals surface area contributed by atoms with Crippen LogP contribution in [0, 0.1) is 6.92 Å². The van der Waals surface area contributed by atoms with Crippen molar-refractivity contribution in [1.82, 2.24) is 15.0 Å². The molecule has 0 saturated heterocycles. The van der Waals surface area contributed by atoms with Crippen molar-refractivity contribution in [2.45, 2.75) is 13.5 Å². The molecule has 0 saturated carbocycles. The van der Waals surface area contributed by atoms with Crippen molar-refractivity contribution in [1.29, 1.82) is 0 Å². The minimum atomic E-state index is -0.0740. The Bertz CT molecular complexity index is 408. The van der Waals surface area contributed by atoms with Gasteiger partial charge in [0.15, 0.2) is 5.65 Å². The first-order chi connectivity index (χ1) is 5.79. The lowest BCUT2D eigenvalue weighted by molar-refractivity contribution is 0.273. The number of fused-ring (bicyclic) bond motifs is 1. The molecule has 12 heavy (non-hydrogen) atoms. The molecule has 0 aliphatic rings. The quantitative estimate of drug-likeness (QED) is 0.652. The molecule has 2 heterocycles. The van der Waals surface area contributed by atoms with Crippen LogP contribution < -0.4 is 0 Å². The molecule has 0 amide bonds. The van der Waals surface area contributed by atoms with Gasteiger partial charge in [0.05, 0.1) is 5.52 Å². The van der Waals surface area contributed by atoms with Gasteiger partial charge in [-0.3, -0.25) is 0 Å². The highest BCUT2D eigenvalue weighted by Gasteiger charge is 2.01. The molecule has 0 fully saturated rings. The zero-order valence-electron chi connectivity index (χ0n) is 6.70. The van der Waals surface area contributed by atoms with Gasteiger partial charge in [-0.2, -0.15) is 0 Å². The van der Waals surface area contributed by atoms with Gasteiger partial charge in [-0.05, 0) is 18.6 Å². The van der Waals surface area contributed by atoms with Crippen LogP contribution in [0.15, 0.2) is 12.3 Å². The molecule has 0 aliphatic carbocycles. The molecular formula is C8H9N3O. The second-order valence-corrected chi connectivity index (χ2v) is 2.73. The minimum absolute atomic E-state index is 0.0740. The summed E-state index contributed by atoms with van der Waals surface area (Å²) in [5.41, 5.74) is 2.61. The van der Waals surface area contributed by atoms with Crippen molar-refractivity contribution in [2.24, 2.45) is 0 Å². The van der Waals surface area contributed by atoms with E-state index in [1.807, 2.05) is 13.0 Å². The highest BCUT2D eigenvalue weighted by atomic mass is 16.3. The lowest BCUT2D eigenvalue weighted by Gasteiger charge is -1.88. The Hall–Kier alpha value is -1.42. The molecule has 0 atom stereocenters. The maximum absolute atomic E-state index is 8.79. The summed E-state index contributed by atoms with van der Waals surface area (Å²) in [7, 11) is 0. The second-order valence-electron chi connectivity index (χ2n) is 2.73. The Morgan fingerprint density at radius 1 is 1.58 bits per heavy atom. The highest BCUT2D eigenvalue weighted by Crippen LogP contribution is 2.09. The number of aromatic nitrogens is 3. The number of rotatable bonds is 1. The van der Waals surface area contributed by atoms with E-state index in [2.05, 4.69) is 15.0 Å². The number of nitrogens with zero attached hydrogens (tertiary/aromatic N) is 2. The Labute approximate surface area is 69.3 Å². The van der Waals surface area contributed by atoms with Crippen molar-refractivity contribution in [3.63, 3.8) is 0 Å². The molecule has 4 nitrogen and oxygen atoms in total. The third kappa shape index (κ3) is 1.06. The number of imidazole rings is 1. The average Bonchev–Trinajstić information content (AvgIpc) is 2.46. The Balaban J connectivity index is 2.67. The van der Waals surface area contributed by atoms with Crippen LogP contribution in [0.4, 0.5) is 0 Å². The molecule has 2 aromatic rings. The van der Waals surface area contributed by atoms with Crippen LogP contribution in [-0.2, 0) is 6.61 Å². The molecule has 2 rings (SSSR count). The molecule has 2 N–H and O–H groups in total. The first-order valence-electron chi connectivity index (χ1n) is 3.71. The number of aryl methyl sites for hydroxylation is 1. The van der Waals surface area contributed by atoms with Gasteiger partial charge in [0.25, 0.3) is 0 Å². The van der Waals surface area contributed by atoms with E-state index in [0.717, 1.165) is 11.1 Å². The van der Waals surface area contributed by atoms with Crippen LogP contribution in [0.5, 0.6) is 0 Å². The zero-order valence-corrected chi connectivity index (χ0v) is 6.70. The number of H-pyrrole nitrogens is 1. The monoisotopic (exact) mass is 163 g/mol. The van der Waals surface area contributed by atoms with Crippen molar-refractivity contribution >= 4 is 11.2 Å². The first-order valence-corrected chi connectivity index (χ1v) is 3.71. The van der Waals surface area contributed by atoms with Gasteiger partial charge in [-0.1, -0.05) is 0 Å². The average molecular weight is 163 g/mol. The zero-order chi connectivity index (χ0) is 8.55. The molecule has 0 bridgehead atoms. The minimum Gasteiger partial charge on any atom is -0.388 e. The van der Waals surface area contributed by atoms with E-state index in [9.17, 15) is 0 Å². The predicted molar refractivity (Wildman–Crippen MR) is 44.5 cm³/mol. The Morgan fingerprint density at radius 3 is 3.17 bits per heavy atom. The molecule has 0 spiro atoms. The maximum atomic E-state index is 8.79. The molecule has 0 aromatic carbocycles. The summed E-state index contributed by atoms with van der Waals surface area (Å²) >= 11 is 0. The fourth-order valence-electron chi connectivity index (χ4n) is 1.13. The van der Waals surface area contributed by atoms with Crippen LogP contribution in [0.1, 0.15) is 11.4 Å². The SMILES string of the molecule is Cc1cnc2nc(CO)[nH]c2c1. The van der Waals surface area contributed by atoms with Gasteiger partial charge in [-0.25, -0.2) is 9.97 Å². The second kappa shape index (κ2) is 2.57. The molecule has 62 valence electrons. The molecule has 0 radical (unpaired) electrons. The topological polar surface area (TPSA) is 61.8 Å². The lowest BCUT2D eigenvalue weighted by Crippen LogP contribution is -1.83. The number of aliphatic hydroxyl groups excluding tert-OH is 1. The number of aromatic amines is 1. The van der Waals surface area contributed by atoms with Crippen LogP contribution in [-0.4, -0.2) is 20.1 Å². The van der Waals surface area contributed by atoms with E-state index in [4.69, 9.17) is 5.11 Å². The first kappa shape index (κ1) is 7.24. The normalized spacial score (nSPS) is 10.8. The summed E-state index contributed by atoms with van der Waals surface area (Å²) < 4.78 is 0. The number of aliphatic hydroxyl groups is 1. The summed E-state index contributed by atoms with van der Waals surface area (Å²) in [5.74, 6) is 0.558. The molecule has 0 unspecified atom stereocenters. The van der Waals surface area contributed by atoms with E-state index in [1.54, 1.807) is 6.20 Å². The van der Waals surface area contributed by atoms with E-state index < -0.39 is 0 Å². The van der Waals surface area contributed by atoms with Crippen molar-refractivity contribution in [3.8, 4) is 0 Å². The van der Waals surface area contributed by atoms with Gasteiger partial charge in [0.1, 0.15) is 12.4 Å². The smallest absolute Gasteiger partial charge is 0.177 e. The number of pyridine rings is 1. The van der Waals surface area contributed by atoms with Gasteiger partial charge in [-0.15, -0.1) is 0 Å². The largest absolute Gasteiger partial charge is 0.388 e. The molecule has 0 aliphatic heterocycles. The number of hydrogen-bond acceptors (Lipinski definition) is 3. The lowest BCUT2D eigenvalue weighted by atomic mass is 10.3. The van der Waals surface area contributed by atoms with Gasteiger partial charge >= 0.3 is 0 Å². The molecule has 4 heteroatoms. The van der Waals surface area contributed by atoms with E-state index in [-0.39, 0.29) is 6.61 Å². The van der Waals surface area contributed by atoms with Crippen molar-refractivity contribution < 1.29 is 5.11 Å². The molecule has 2 aromatic heterocycles. The summed E-state index contributed by atoms with van der Waals surface area (Å²) in [5, 5.41) is 8.79. The molecular weight excluding hydrogens is 154 g/mol. The third-order valence-corrected chi connectivity index (χ3v) is 1.67. The number of hydrogen-bond donors (Lipinski definition) is 2. The fourth-order valence-corrected chi connectivity index (χ4v) is 1.13. The standard InChI is InChI=1S/C8H9N3O/c1-5-2-6-8(9-3-5)11-7(4-12)10-6/h2-3,12H,4H2,1H3,(H,9,10,11). The van der Waals surface area contributed by atoms with E-state index in [1.165, 1.54) is 0 Å². The van der Waals surface area contributed by atoms with Gasteiger partial charge in [0.2, 0.25) is 0 Å². The third-order valence-electron chi connectivity index (χ3n) is 1.67. The van der Waals surface area contributed by atoms with E-state index in [0.29, 0.717) is 11.5 Å². The Kier molecular flexibility index (Phi) is 1.55. The summed E-state index contributed by atoms with van der Waals surface area (Å²) in [6.07, 6.45) is 1.75. The Morgan fingerprint density at radius 2 is 2.42 bits per heavy atom. The fraction of sp³-hybridized carbons (Fsp3) is 0.250. The van der Waals surface area contributed by atoms with Crippen LogP contribution in [0.3, 0.4) is 0 Å².